The minimum Gasteiger partial charge on any atom is -0.339 e. The molecule has 0 saturated carbocycles. The van der Waals surface area contributed by atoms with Crippen LogP contribution in [0.3, 0.4) is 0 Å². The molecule has 1 spiro atoms. The van der Waals surface area contributed by atoms with Crippen LogP contribution >= 0.6 is 0 Å². The second kappa shape index (κ2) is 6.24. The van der Waals surface area contributed by atoms with E-state index in [9.17, 15) is 0 Å². The first-order valence-corrected chi connectivity index (χ1v) is 8.52. The van der Waals surface area contributed by atoms with Gasteiger partial charge in [-0.2, -0.15) is 0 Å². The van der Waals surface area contributed by atoms with Crippen molar-refractivity contribution in [2.75, 3.05) is 24.5 Å². The van der Waals surface area contributed by atoms with Gasteiger partial charge in [0.1, 0.15) is 0 Å². The zero-order chi connectivity index (χ0) is 15.5. The summed E-state index contributed by atoms with van der Waals surface area (Å²) in [7, 11) is 0. The Hall–Kier alpha value is -2.01. The third kappa shape index (κ3) is 2.93. The molecule has 0 aliphatic carbocycles. The molecule has 0 N–H and O–H groups in total. The Labute approximate surface area is 137 Å². The first-order valence-electron chi connectivity index (χ1n) is 8.52. The highest BCUT2D eigenvalue weighted by Crippen LogP contribution is 2.38. The lowest BCUT2D eigenvalue weighted by atomic mass is 9.86. The van der Waals surface area contributed by atoms with E-state index in [4.69, 9.17) is 0 Å². The van der Waals surface area contributed by atoms with E-state index in [1.165, 1.54) is 37.8 Å². The molecule has 0 radical (unpaired) electrons. The van der Waals surface area contributed by atoms with E-state index in [1.54, 1.807) is 0 Å². The topological polar surface area (TPSA) is 45.2 Å². The van der Waals surface area contributed by atoms with Crippen molar-refractivity contribution in [3.05, 3.63) is 48.5 Å². The maximum atomic E-state index is 4.45. The van der Waals surface area contributed by atoms with Crippen LogP contribution < -0.4 is 4.90 Å². The van der Waals surface area contributed by atoms with Gasteiger partial charge < -0.3 is 4.90 Å². The molecule has 120 valence electrons. The van der Waals surface area contributed by atoms with Crippen molar-refractivity contribution in [3.63, 3.8) is 0 Å². The van der Waals surface area contributed by atoms with Crippen molar-refractivity contribution in [2.45, 2.75) is 37.8 Å². The summed E-state index contributed by atoms with van der Waals surface area (Å²) in [5.74, 6) is 0.877. The van der Waals surface area contributed by atoms with Gasteiger partial charge in [0.15, 0.2) is 0 Å². The average molecular weight is 309 g/mol. The number of piperidine rings is 1. The molecule has 1 atom stereocenters. The fourth-order valence-corrected chi connectivity index (χ4v) is 4.15. The molecule has 2 aliphatic heterocycles. The molecule has 2 aromatic rings. The van der Waals surface area contributed by atoms with Gasteiger partial charge in [0.05, 0.1) is 0 Å². The summed E-state index contributed by atoms with van der Waals surface area (Å²) in [6.45, 7) is 4.31. The first kappa shape index (κ1) is 14.6. The highest BCUT2D eigenvalue weighted by atomic mass is 15.3. The summed E-state index contributed by atoms with van der Waals surface area (Å²) in [6.07, 6.45) is 12.5. The predicted octanol–water partition coefficient (Wildman–Crippen LogP) is 2.51. The van der Waals surface area contributed by atoms with E-state index in [-0.39, 0.29) is 5.54 Å². The number of nitrogens with zero attached hydrogens (tertiary/aromatic N) is 5. The Balaban J connectivity index is 1.54. The largest absolute Gasteiger partial charge is 0.339 e. The summed E-state index contributed by atoms with van der Waals surface area (Å²) in [5, 5.41) is 0. The Morgan fingerprint density at radius 2 is 1.70 bits per heavy atom. The van der Waals surface area contributed by atoms with Gasteiger partial charge >= 0.3 is 0 Å². The predicted molar refractivity (Wildman–Crippen MR) is 90.1 cm³/mol. The van der Waals surface area contributed by atoms with E-state index in [1.807, 2.05) is 30.9 Å². The molecule has 5 heteroatoms. The van der Waals surface area contributed by atoms with Crippen LogP contribution in [-0.2, 0) is 6.54 Å². The van der Waals surface area contributed by atoms with Crippen molar-refractivity contribution < 1.29 is 0 Å². The summed E-state index contributed by atoms with van der Waals surface area (Å²) < 4.78 is 0. The molecule has 4 heterocycles. The number of aromatic nitrogens is 3. The maximum Gasteiger partial charge on any atom is 0.225 e. The normalized spacial score (nSPS) is 25.1. The molecule has 0 aromatic carbocycles. The van der Waals surface area contributed by atoms with Gasteiger partial charge in [-0.25, -0.2) is 9.97 Å². The monoisotopic (exact) mass is 309 g/mol. The van der Waals surface area contributed by atoms with Crippen LogP contribution in [0.25, 0.3) is 0 Å². The van der Waals surface area contributed by atoms with E-state index >= 15 is 0 Å². The second-order valence-electron chi connectivity index (χ2n) is 6.68. The van der Waals surface area contributed by atoms with Gasteiger partial charge in [-0.3, -0.25) is 9.88 Å². The third-order valence-corrected chi connectivity index (χ3v) is 5.25. The SMILES string of the molecule is c1cnc(N2CCCC3(CCCN3Cc3ccncc3)C2)nc1. The van der Waals surface area contributed by atoms with Crippen LogP contribution in [0.2, 0.25) is 0 Å². The van der Waals surface area contributed by atoms with E-state index in [0.717, 1.165) is 25.6 Å². The molecule has 23 heavy (non-hydrogen) atoms. The summed E-state index contributed by atoms with van der Waals surface area (Å²) >= 11 is 0. The van der Waals surface area contributed by atoms with Gasteiger partial charge in [-0.15, -0.1) is 0 Å². The van der Waals surface area contributed by atoms with Crippen LogP contribution in [0.5, 0.6) is 0 Å². The number of rotatable bonds is 3. The van der Waals surface area contributed by atoms with Crippen LogP contribution in [-0.4, -0.2) is 45.0 Å². The highest BCUT2D eigenvalue weighted by Gasteiger charge is 2.44. The lowest BCUT2D eigenvalue weighted by Crippen LogP contribution is -2.55. The summed E-state index contributed by atoms with van der Waals surface area (Å²) in [5.41, 5.74) is 1.63. The summed E-state index contributed by atoms with van der Waals surface area (Å²) in [6, 6.07) is 6.15. The number of anilines is 1. The molecule has 2 saturated heterocycles. The van der Waals surface area contributed by atoms with Gasteiger partial charge in [0, 0.05) is 50.0 Å². The molecular weight excluding hydrogens is 286 g/mol. The van der Waals surface area contributed by atoms with E-state index in [0.29, 0.717) is 0 Å². The quantitative estimate of drug-likeness (QED) is 0.872. The molecule has 0 amide bonds. The Morgan fingerprint density at radius 3 is 2.48 bits per heavy atom. The van der Waals surface area contributed by atoms with Gasteiger partial charge in [-0.05, 0) is 56.0 Å². The lowest BCUT2D eigenvalue weighted by Gasteiger charge is -2.46. The standard InChI is InChI=1S/C18H23N5/c1-6-18(15-22(12-1)17-20-8-3-9-21-17)7-2-13-23(18)14-16-4-10-19-11-5-16/h3-5,8-11H,1-2,6-7,12-15H2. The lowest BCUT2D eigenvalue weighted by molar-refractivity contribution is 0.108. The number of likely N-dealkylation sites (tertiary alicyclic amines) is 1. The van der Waals surface area contributed by atoms with Crippen molar-refractivity contribution in [1.82, 2.24) is 19.9 Å². The Kier molecular flexibility index (Phi) is 3.95. The van der Waals surface area contributed by atoms with Gasteiger partial charge in [0.25, 0.3) is 0 Å². The molecule has 2 aromatic heterocycles. The minimum atomic E-state index is 0.278. The third-order valence-electron chi connectivity index (χ3n) is 5.25. The number of hydrogen-bond donors (Lipinski definition) is 0. The second-order valence-corrected chi connectivity index (χ2v) is 6.68. The molecule has 0 bridgehead atoms. The fourth-order valence-electron chi connectivity index (χ4n) is 4.15. The Morgan fingerprint density at radius 1 is 0.957 bits per heavy atom. The van der Waals surface area contributed by atoms with Crippen molar-refractivity contribution in [1.29, 1.82) is 0 Å². The first-order chi connectivity index (χ1) is 11.4. The molecule has 1 unspecified atom stereocenters. The van der Waals surface area contributed by atoms with Crippen LogP contribution in [0.15, 0.2) is 43.0 Å². The average Bonchev–Trinajstić information content (AvgIpc) is 2.98. The van der Waals surface area contributed by atoms with E-state index in [2.05, 4.69) is 36.9 Å². The summed E-state index contributed by atoms with van der Waals surface area (Å²) in [4.78, 5) is 18.1. The van der Waals surface area contributed by atoms with Crippen LogP contribution in [0, 0.1) is 0 Å². The molecule has 4 rings (SSSR count). The maximum absolute atomic E-state index is 4.45. The smallest absolute Gasteiger partial charge is 0.225 e. The van der Waals surface area contributed by atoms with Gasteiger partial charge in [-0.1, -0.05) is 0 Å². The molecule has 5 nitrogen and oxygen atoms in total. The minimum absolute atomic E-state index is 0.278. The van der Waals surface area contributed by atoms with Gasteiger partial charge in [0.2, 0.25) is 5.95 Å². The fraction of sp³-hybridized carbons (Fsp3) is 0.500. The van der Waals surface area contributed by atoms with Crippen molar-refractivity contribution in [2.24, 2.45) is 0 Å². The molecule has 2 fully saturated rings. The van der Waals surface area contributed by atoms with E-state index < -0.39 is 0 Å². The number of hydrogen-bond acceptors (Lipinski definition) is 5. The zero-order valence-corrected chi connectivity index (χ0v) is 13.4. The van der Waals surface area contributed by atoms with Crippen LogP contribution in [0.4, 0.5) is 5.95 Å². The van der Waals surface area contributed by atoms with Crippen molar-refractivity contribution in [3.8, 4) is 0 Å². The molecular formula is C18H23N5. The van der Waals surface area contributed by atoms with Crippen LogP contribution in [0.1, 0.15) is 31.2 Å². The highest BCUT2D eigenvalue weighted by molar-refractivity contribution is 5.31. The number of pyridine rings is 1. The van der Waals surface area contributed by atoms with Crippen molar-refractivity contribution >= 4 is 5.95 Å². The molecule has 2 aliphatic rings. The zero-order valence-electron chi connectivity index (χ0n) is 13.4. The Bertz CT molecular complexity index is 632.